The van der Waals surface area contributed by atoms with E-state index in [1.807, 2.05) is 18.0 Å². The summed E-state index contributed by atoms with van der Waals surface area (Å²) in [5.74, 6) is 0.437. The summed E-state index contributed by atoms with van der Waals surface area (Å²) in [4.78, 5) is 14.6. The second-order valence-electron chi connectivity index (χ2n) is 6.93. The van der Waals surface area contributed by atoms with Crippen LogP contribution >= 0.6 is 0 Å². The van der Waals surface area contributed by atoms with E-state index in [0.29, 0.717) is 24.8 Å². The molecule has 0 aliphatic rings. The maximum atomic E-state index is 12.8. The maximum absolute atomic E-state index is 12.8. The number of carbonyl (C=O) groups excluding carboxylic acids is 1. The Labute approximate surface area is 128 Å². The van der Waals surface area contributed by atoms with E-state index in [-0.39, 0.29) is 11.3 Å². The lowest BCUT2D eigenvalue weighted by Gasteiger charge is -2.24. The summed E-state index contributed by atoms with van der Waals surface area (Å²) in [6, 6.07) is 1.91. The fourth-order valence-electron chi connectivity index (χ4n) is 2.11. The Morgan fingerprint density at radius 1 is 1.43 bits per heavy atom. The number of aromatic nitrogens is 2. The molecule has 5 nitrogen and oxygen atoms in total. The highest BCUT2D eigenvalue weighted by Crippen LogP contribution is 2.22. The monoisotopic (exact) mass is 295 g/mol. The number of methoxy groups -OCH3 is 1. The first-order valence-electron chi connectivity index (χ1n) is 7.49. The highest BCUT2D eigenvalue weighted by Gasteiger charge is 2.24. The molecule has 0 aliphatic carbocycles. The summed E-state index contributed by atoms with van der Waals surface area (Å²) in [6.07, 6.45) is 0. The summed E-state index contributed by atoms with van der Waals surface area (Å²) < 4.78 is 6.80. The first kappa shape index (κ1) is 17.7. The molecule has 0 bridgehead atoms. The third kappa shape index (κ3) is 4.84. The Hall–Kier alpha value is -1.36. The van der Waals surface area contributed by atoms with Gasteiger partial charge in [-0.25, -0.2) is 0 Å². The van der Waals surface area contributed by atoms with Crippen LogP contribution < -0.4 is 0 Å². The van der Waals surface area contributed by atoms with E-state index in [1.54, 1.807) is 11.8 Å². The Morgan fingerprint density at radius 2 is 2.05 bits per heavy atom. The van der Waals surface area contributed by atoms with E-state index >= 15 is 0 Å². The zero-order chi connectivity index (χ0) is 16.2. The quantitative estimate of drug-likeness (QED) is 0.810. The van der Waals surface area contributed by atoms with Crippen molar-refractivity contribution in [3.05, 3.63) is 17.5 Å². The van der Waals surface area contributed by atoms with Crippen molar-refractivity contribution < 1.29 is 9.53 Å². The molecule has 1 rings (SSSR count). The van der Waals surface area contributed by atoms with Crippen molar-refractivity contribution in [1.29, 1.82) is 0 Å². The van der Waals surface area contributed by atoms with Crippen molar-refractivity contribution in [2.75, 3.05) is 26.8 Å². The number of hydrogen-bond acceptors (Lipinski definition) is 3. The highest BCUT2D eigenvalue weighted by molar-refractivity contribution is 5.92. The molecule has 0 fully saturated rings. The minimum absolute atomic E-state index is 0.0197. The predicted molar refractivity (Wildman–Crippen MR) is 84.5 cm³/mol. The van der Waals surface area contributed by atoms with Crippen molar-refractivity contribution in [3.8, 4) is 0 Å². The molecule has 1 aromatic rings. The van der Waals surface area contributed by atoms with Gasteiger partial charge in [-0.1, -0.05) is 34.6 Å². The second kappa shape index (κ2) is 7.07. The summed E-state index contributed by atoms with van der Waals surface area (Å²) in [5, 5.41) is 4.48. The molecule has 1 heterocycles. The van der Waals surface area contributed by atoms with E-state index in [2.05, 4.69) is 39.7 Å². The average molecular weight is 295 g/mol. The fraction of sp³-hybridized carbons (Fsp3) is 0.750. The van der Waals surface area contributed by atoms with Crippen LogP contribution in [0.1, 0.15) is 50.8 Å². The van der Waals surface area contributed by atoms with Gasteiger partial charge >= 0.3 is 0 Å². The van der Waals surface area contributed by atoms with Crippen LogP contribution in [0, 0.1) is 5.92 Å². The van der Waals surface area contributed by atoms with Crippen LogP contribution in [0.3, 0.4) is 0 Å². The Balaban J connectivity index is 3.00. The van der Waals surface area contributed by atoms with Gasteiger partial charge in [-0.3, -0.25) is 9.48 Å². The molecule has 0 spiro atoms. The maximum Gasteiger partial charge on any atom is 0.272 e. The lowest BCUT2D eigenvalue weighted by atomic mass is 9.92. The summed E-state index contributed by atoms with van der Waals surface area (Å²) in [5.41, 5.74) is 1.51. The molecule has 0 aliphatic heterocycles. The summed E-state index contributed by atoms with van der Waals surface area (Å²) >= 11 is 0. The van der Waals surface area contributed by atoms with Gasteiger partial charge in [-0.2, -0.15) is 5.10 Å². The first-order chi connectivity index (χ1) is 9.66. The average Bonchev–Trinajstić information content (AvgIpc) is 2.75. The lowest BCUT2D eigenvalue weighted by Crippen LogP contribution is -2.37. The number of nitrogens with zero attached hydrogens (tertiary/aromatic N) is 3. The molecule has 0 unspecified atom stereocenters. The van der Waals surface area contributed by atoms with Gasteiger partial charge in [0.25, 0.3) is 5.91 Å². The van der Waals surface area contributed by atoms with Crippen LogP contribution in [0.2, 0.25) is 0 Å². The minimum Gasteiger partial charge on any atom is -0.383 e. The number of hydrogen-bond donors (Lipinski definition) is 0. The zero-order valence-electron chi connectivity index (χ0n) is 14.4. The van der Waals surface area contributed by atoms with Crippen molar-refractivity contribution >= 4 is 5.91 Å². The Bertz CT molecular complexity index is 472. The van der Waals surface area contributed by atoms with Crippen molar-refractivity contribution in [1.82, 2.24) is 14.7 Å². The van der Waals surface area contributed by atoms with Gasteiger partial charge in [0.15, 0.2) is 0 Å². The largest absolute Gasteiger partial charge is 0.383 e. The van der Waals surface area contributed by atoms with Crippen LogP contribution in [-0.4, -0.2) is 47.4 Å². The molecule has 0 radical (unpaired) electrons. The van der Waals surface area contributed by atoms with E-state index in [0.717, 1.165) is 12.2 Å². The highest BCUT2D eigenvalue weighted by atomic mass is 16.5. The molecule has 1 aromatic heterocycles. The fourth-order valence-corrected chi connectivity index (χ4v) is 2.11. The number of carbonyl (C=O) groups is 1. The molecule has 1 amide bonds. The van der Waals surface area contributed by atoms with Crippen LogP contribution in [0.15, 0.2) is 6.07 Å². The van der Waals surface area contributed by atoms with Crippen LogP contribution in [0.25, 0.3) is 0 Å². The van der Waals surface area contributed by atoms with Gasteiger partial charge < -0.3 is 9.64 Å². The number of aryl methyl sites for hydroxylation is 1. The lowest BCUT2D eigenvalue weighted by molar-refractivity contribution is 0.0661. The first-order valence-corrected chi connectivity index (χ1v) is 7.49. The number of rotatable bonds is 6. The van der Waals surface area contributed by atoms with Crippen LogP contribution in [0.5, 0.6) is 0 Å². The zero-order valence-corrected chi connectivity index (χ0v) is 14.4. The molecule has 0 saturated carbocycles. The summed E-state index contributed by atoms with van der Waals surface area (Å²) in [6.45, 7) is 12.4. The van der Waals surface area contributed by atoms with Gasteiger partial charge in [0.05, 0.1) is 12.3 Å². The van der Waals surface area contributed by atoms with Gasteiger partial charge in [0.2, 0.25) is 0 Å². The third-order valence-corrected chi connectivity index (χ3v) is 3.31. The molecule has 21 heavy (non-hydrogen) atoms. The standard InChI is InChI=1S/C16H29N3O2/c1-12(2)11-19(8-9-21-7)15(20)13-10-14(16(3,4)5)17-18(13)6/h10,12H,8-9,11H2,1-7H3. The third-order valence-electron chi connectivity index (χ3n) is 3.31. The normalized spacial score (nSPS) is 12.0. The SMILES string of the molecule is COCCN(CC(C)C)C(=O)c1cc(C(C)(C)C)nn1C. The van der Waals surface area contributed by atoms with E-state index in [9.17, 15) is 4.79 Å². The molecule has 0 atom stereocenters. The van der Waals surface area contributed by atoms with Gasteiger partial charge in [-0.15, -0.1) is 0 Å². The second-order valence-corrected chi connectivity index (χ2v) is 6.93. The van der Waals surface area contributed by atoms with E-state index < -0.39 is 0 Å². The minimum atomic E-state index is -0.0638. The van der Waals surface area contributed by atoms with Crippen molar-refractivity contribution in [2.45, 2.75) is 40.0 Å². The Kier molecular flexibility index (Phi) is 5.96. The van der Waals surface area contributed by atoms with Crippen molar-refractivity contribution in [2.24, 2.45) is 13.0 Å². The molecule has 0 saturated heterocycles. The molecular weight excluding hydrogens is 266 g/mol. The molecular formula is C16H29N3O2. The van der Waals surface area contributed by atoms with E-state index in [4.69, 9.17) is 4.74 Å². The van der Waals surface area contributed by atoms with Gasteiger partial charge in [0, 0.05) is 32.7 Å². The molecule has 120 valence electrons. The molecule has 0 N–H and O–H groups in total. The van der Waals surface area contributed by atoms with Crippen LogP contribution in [-0.2, 0) is 17.2 Å². The van der Waals surface area contributed by atoms with Gasteiger partial charge in [0.1, 0.15) is 5.69 Å². The topological polar surface area (TPSA) is 47.4 Å². The number of ether oxygens (including phenoxy) is 1. The van der Waals surface area contributed by atoms with Crippen LogP contribution in [0.4, 0.5) is 0 Å². The van der Waals surface area contributed by atoms with Crippen molar-refractivity contribution in [3.63, 3.8) is 0 Å². The predicted octanol–water partition coefficient (Wildman–Crippen LogP) is 2.46. The molecule has 5 heteroatoms. The molecule has 0 aromatic carbocycles. The van der Waals surface area contributed by atoms with E-state index in [1.165, 1.54) is 0 Å². The smallest absolute Gasteiger partial charge is 0.272 e. The summed E-state index contributed by atoms with van der Waals surface area (Å²) in [7, 11) is 3.48. The van der Waals surface area contributed by atoms with Gasteiger partial charge in [-0.05, 0) is 12.0 Å². The Morgan fingerprint density at radius 3 is 2.48 bits per heavy atom. The number of amides is 1.